The summed E-state index contributed by atoms with van der Waals surface area (Å²) in [7, 11) is 0. The second kappa shape index (κ2) is 16.1. The Morgan fingerprint density at radius 1 is 0.800 bits per heavy atom. The van der Waals surface area contributed by atoms with Gasteiger partial charge in [-0.3, -0.25) is 0 Å². The minimum absolute atomic E-state index is 0.685. The van der Waals surface area contributed by atoms with E-state index in [9.17, 15) is 0 Å². The summed E-state index contributed by atoms with van der Waals surface area (Å²) in [5.74, 6) is 0.685. The molecule has 0 N–H and O–H groups in total. The van der Waals surface area contributed by atoms with Crippen molar-refractivity contribution >= 4 is 20.4 Å². The van der Waals surface area contributed by atoms with Gasteiger partial charge in [0.2, 0.25) is 0 Å². The summed E-state index contributed by atoms with van der Waals surface area (Å²) in [5.41, 5.74) is 4.89. The van der Waals surface area contributed by atoms with Gasteiger partial charge in [0.05, 0.1) is 0 Å². The summed E-state index contributed by atoms with van der Waals surface area (Å²) in [5, 5.41) is 0. The molecule has 0 bridgehead atoms. The second-order valence-corrected chi connectivity index (χ2v) is 4.49. The van der Waals surface area contributed by atoms with Crippen LogP contribution in [0.1, 0.15) is 53.4 Å². The number of carbonyl (C=O) groups is 3. The third-order valence-corrected chi connectivity index (χ3v) is 4.03. The zero-order valence-corrected chi connectivity index (χ0v) is 14.3. The van der Waals surface area contributed by atoms with Gasteiger partial charge in [0.1, 0.15) is 20.4 Å². The summed E-state index contributed by atoms with van der Waals surface area (Å²) in [4.78, 5) is 24.0. The molecule has 1 atom stereocenters. The summed E-state index contributed by atoms with van der Waals surface area (Å²) >= 11 is 3.79. The predicted octanol–water partition coefficient (Wildman–Crippen LogP) is 3.80. The van der Waals surface area contributed by atoms with E-state index < -0.39 is 0 Å². The van der Waals surface area contributed by atoms with E-state index in [4.69, 9.17) is 14.4 Å². The van der Waals surface area contributed by atoms with Crippen LogP contribution in [0.3, 0.4) is 0 Å². The van der Waals surface area contributed by atoms with E-state index in [0.717, 1.165) is 0 Å². The average molecular weight is 322 g/mol. The van der Waals surface area contributed by atoms with Crippen LogP contribution in [0.5, 0.6) is 0 Å². The van der Waals surface area contributed by atoms with Crippen LogP contribution < -0.4 is 0 Å². The van der Waals surface area contributed by atoms with Gasteiger partial charge in [-0.1, -0.05) is 0 Å². The molecule has 0 saturated heterocycles. The SMILES string of the molecule is C=O.C=O.C=O.CCC1=[C]([Mn])C(CC)C(CC)=C1CC. The molecule has 20 heavy (non-hydrogen) atoms. The van der Waals surface area contributed by atoms with Crippen LogP contribution in [0.25, 0.3) is 0 Å². The van der Waals surface area contributed by atoms with Gasteiger partial charge in [-0.2, -0.15) is 0 Å². The monoisotopic (exact) mass is 322 g/mol. The van der Waals surface area contributed by atoms with Crippen LogP contribution in [-0.2, 0) is 30.4 Å². The van der Waals surface area contributed by atoms with Crippen molar-refractivity contribution in [1.29, 1.82) is 0 Å². The summed E-state index contributed by atoms with van der Waals surface area (Å²) < 4.78 is 1.47. The summed E-state index contributed by atoms with van der Waals surface area (Å²) in [6.07, 6.45) is 4.80. The molecule has 3 nitrogen and oxygen atoms in total. The van der Waals surface area contributed by atoms with Crippen molar-refractivity contribution in [3.63, 3.8) is 0 Å². The molecule has 0 aromatic rings. The van der Waals surface area contributed by atoms with Crippen LogP contribution in [0.2, 0.25) is 0 Å². The van der Waals surface area contributed by atoms with E-state index in [1.165, 1.54) is 30.2 Å². The molecule has 0 spiro atoms. The van der Waals surface area contributed by atoms with E-state index in [1.54, 1.807) is 16.7 Å². The molecule has 4 heteroatoms. The molecule has 0 amide bonds. The number of rotatable bonds is 4. The van der Waals surface area contributed by atoms with Gasteiger partial charge in [-0.15, -0.1) is 0 Å². The third kappa shape index (κ3) is 5.98. The zero-order chi connectivity index (χ0) is 16.7. The standard InChI is InChI=1S/C13H21.3CH2O.Mn/c1-5-10-9-11(6-2)13(8-4)12(10)7-3;3*1-2;/h10H,5-8H2,1-4H3;3*1H2;. The van der Waals surface area contributed by atoms with Crippen LogP contribution in [0.4, 0.5) is 0 Å². The molecule has 0 aromatic carbocycles. The fraction of sp³-hybridized carbons (Fsp3) is 0.562. The molecule has 0 aromatic heterocycles. The van der Waals surface area contributed by atoms with Gasteiger partial charge < -0.3 is 14.4 Å². The van der Waals surface area contributed by atoms with Crippen molar-refractivity contribution < 1.29 is 30.4 Å². The van der Waals surface area contributed by atoms with Gasteiger partial charge >= 0.3 is 96.5 Å². The van der Waals surface area contributed by atoms with Crippen molar-refractivity contribution in [2.45, 2.75) is 53.4 Å². The molecule has 1 rings (SSSR count). The van der Waals surface area contributed by atoms with Crippen molar-refractivity contribution in [3.8, 4) is 0 Å². The Morgan fingerprint density at radius 3 is 1.45 bits per heavy atom. The summed E-state index contributed by atoms with van der Waals surface area (Å²) in [6.45, 7) is 15.1. The Labute approximate surface area is 131 Å². The van der Waals surface area contributed by atoms with E-state index in [2.05, 4.69) is 43.7 Å². The van der Waals surface area contributed by atoms with Crippen LogP contribution in [0.15, 0.2) is 21.2 Å². The Hall–Kier alpha value is -0.991. The molecule has 0 radical (unpaired) electrons. The van der Waals surface area contributed by atoms with Gasteiger partial charge in [0, 0.05) is 0 Å². The molecule has 0 heterocycles. The quantitative estimate of drug-likeness (QED) is 0.740. The Bertz CT molecular complexity index is 317. The first kappa shape index (κ1) is 24.1. The van der Waals surface area contributed by atoms with Gasteiger partial charge in [0.25, 0.3) is 0 Å². The number of hydrogen-bond donors (Lipinski definition) is 0. The van der Waals surface area contributed by atoms with Crippen molar-refractivity contribution in [3.05, 3.63) is 21.2 Å². The van der Waals surface area contributed by atoms with Crippen molar-refractivity contribution in [1.82, 2.24) is 0 Å². The van der Waals surface area contributed by atoms with E-state index in [0.29, 0.717) is 5.92 Å². The Balaban J connectivity index is -0.000000425. The second-order valence-electron chi connectivity index (χ2n) is 3.85. The Kier molecular flexibility index (Phi) is 19.3. The third-order valence-electron chi connectivity index (χ3n) is 3.26. The van der Waals surface area contributed by atoms with E-state index >= 15 is 0 Å². The first-order valence-corrected chi connectivity index (χ1v) is 7.27. The summed E-state index contributed by atoms with van der Waals surface area (Å²) in [6, 6.07) is 0. The van der Waals surface area contributed by atoms with Gasteiger partial charge in [0.15, 0.2) is 0 Å². The number of hydrogen-bond acceptors (Lipinski definition) is 3. The number of carbonyl (C=O) groups excluding carboxylic acids is 3. The van der Waals surface area contributed by atoms with E-state index in [-0.39, 0.29) is 0 Å². The Morgan fingerprint density at radius 2 is 1.20 bits per heavy atom. The molecule has 116 valence electrons. The molecular formula is C16H27MnO3. The predicted molar refractivity (Wildman–Crippen MR) is 80.1 cm³/mol. The maximum atomic E-state index is 8.00. The molecule has 1 aliphatic carbocycles. The van der Waals surface area contributed by atoms with Crippen LogP contribution in [-0.4, -0.2) is 20.4 Å². The van der Waals surface area contributed by atoms with Gasteiger partial charge in [-0.05, 0) is 0 Å². The first-order chi connectivity index (χ1) is 9.71. The molecule has 0 aliphatic heterocycles. The first-order valence-electron chi connectivity index (χ1n) is 6.68. The molecular weight excluding hydrogens is 295 g/mol. The normalized spacial score (nSPS) is 16.4. The minimum atomic E-state index is 0.685. The molecule has 1 aliphatic rings. The van der Waals surface area contributed by atoms with Crippen LogP contribution >= 0.6 is 0 Å². The van der Waals surface area contributed by atoms with Crippen molar-refractivity contribution in [2.24, 2.45) is 5.92 Å². The fourth-order valence-electron chi connectivity index (χ4n) is 2.62. The molecule has 0 saturated carbocycles. The fourth-order valence-corrected chi connectivity index (χ4v) is 3.45. The average Bonchev–Trinajstić information content (AvgIpc) is 2.83. The number of allylic oxidation sites excluding steroid dienone is 4. The van der Waals surface area contributed by atoms with E-state index in [1.807, 2.05) is 20.4 Å². The maximum absolute atomic E-state index is 8.00. The zero-order valence-electron chi connectivity index (χ0n) is 13.1. The van der Waals surface area contributed by atoms with Gasteiger partial charge in [-0.25, -0.2) is 0 Å². The van der Waals surface area contributed by atoms with Crippen LogP contribution in [0, 0.1) is 5.92 Å². The molecule has 1 unspecified atom stereocenters. The topological polar surface area (TPSA) is 51.2 Å². The van der Waals surface area contributed by atoms with Crippen molar-refractivity contribution in [2.75, 3.05) is 0 Å². The molecule has 0 fully saturated rings.